The van der Waals surface area contributed by atoms with Crippen LogP contribution in [0.2, 0.25) is 5.02 Å². The smallest absolute Gasteiger partial charge is 0.272 e. The average Bonchev–Trinajstić information content (AvgIpc) is 2.20. The number of nitrogens with zero attached hydrogens (tertiary/aromatic N) is 2. The predicted octanol–water partition coefficient (Wildman–Crippen LogP) is 2.19. The molecule has 0 spiro atoms. The second-order valence-corrected chi connectivity index (χ2v) is 3.60. The van der Waals surface area contributed by atoms with Gasteiger partial charge in [0.1, 0.15) is 5.82 Å². The number of rotatable bonds is 1. The third-order valence-corrected chi connectivity index (χ3v) is 2.34. The van der Waals surface area contributed by atoms with Crippen LogP contribution in [0.1, 0.15) is 5.82 Å². The van der Waals surface area contributed by atoms with Gasteiger partial charge in [0.05, 0.1) is 0 Å². The van der Waals surface area contributed by atoms with Gasteiger partial charge in [0.15, 0.2) is 0 Å². The van der Waals surface area contributed by atoms with Crippen LogP contribution < -0.4 is 5.56 Å². The van der Waals surface area contributed by atoms with E-state index in [1.807, 2.05) is 16.7 Å². The van der Waals surface area contributed by atoms with Gasteiger partial charge in [-0.05, 0) is 31.2 Å². The molecule has 0 saturated carbocycles. The summed E-state index contributed by atoms with van der Waals surface area (Å²) in [5, 5.41) is 0.686. The maximum Gasteiger partial charge on any atom is 0.272 e. The van der Waals surface area contributed by atoms with Gasteiger partial charge < -0.3 is 4.57 Å². The van der Waals surface area contributed by atoms with Crippen LogP contribution in [-0.4, -0.2) is 9.55 Å². The van der Waals surface area contributed by atoms with Crippen LogP contribution in [-0.2, 0) is 0 Å². The minimum Gasteiger partial charge on any atom is -0.305 e. The highest BCUT2D eigenvalue weighted by atomic mass is 35.5. The average molecular weight is 221 g/mol. The summed E-state index contributed by atoms with van der Waals surface area (Å²) in [5.41, 5.74) is 0.710. The summed E-state index contributed by atoms with van der Waals surface area (Å²) in [6.07, 6.45) is 1.70. The first-order valence-corrected chi connectivity index (χ1v) is 4.87. The lowest BCUT2D eigenvalue weighted by Crippen LogP contribution is -2.12. The Balaban J connectivity index is 2.54. The summed E-state index contributed by atoms with van der Waals surface area (Å²) >= 11 is 5.79. The van der Waals surface area contributed by atoms with Crippen molar-refractivity contribution in [2.24, 2.45) is 0 Å². The maximum atomic E-state index is 11.0. The molecule has 76 valence electrons. The van der Waals surface area contributed by atoms with Gasteiger partial charge in [-0.1, -0.05) is 11.6 Å². The molecule has 0 bridgehead atoms. The van der Waals surface area contributed by atoms with E-state index >= 15 is 0 Å². The molecule has 0 fully saturated rings. The molecular weight excluding hydrogens is 212 g/mol. The molecule has 0 saturated heterocycles. The topological polar surface area (TPSA) is 34.9 Å². The number of aromatic nitrogens is 2. The third-order valence-electron chi connectivity index (χ3n) is 2.09. The fourth-order valence-electron chi connectivity index (χ4n) is 1.37. The minimum absolute atomic E-state index is 0.224. The van der Waals surface area contributed by atoms with Crippen LogP contribution in [0.3, 0.4) is 0 Å². The molecule has 0 N–H and O–H groups in total. The van der Waals surface area contributed by atoms with E-state index in [0.29, 0.717) is 10.8 Å². The van der Waals surface area contributed by atoms with E-state index < -0.39 is 0 Å². The molecule has 2 rings (SSSR count). The van der Waals surface area contributed by atoms with E-state index in [2.05, 4.69) is 4.98 Å². The van der Waals surface area contributed by atoms with Crippen LogP contribution in [0.5, 0.6) is 0 Å². The second-order valence-electron chi connectivity index (χ2n) is 3.16. The summed E-state index contributed by atoms with van der Waals surface area (Å²) in [6.45, 7) is 1.79. The molecule has 0 aliphatic carbocycles. The van der Waals surface area contributed by atoms with E-state index in [1.54, 1.807) is 25.3 Å². The van der Waals surface area contributed by atoms with Crippen LogP contribution in [0.15, 0.2) is 41.3 Å². The number of hydrogen-bond acceptors (Lipinski definition) is 2. The summed E-state index contributed by atoms with van der Waals surface area (Å²) in [4.78, 5) is 14.8. The van der Waals surface area contributed by atoms with Crippen molar-refractivity contribution >= 4 is 11.6 Å². The molecule has 15 heavy (non-hydrogen) atoms. The molecular formula is C11H9ClN2O. The Morgan fingerprint density at radius 1 is 1.20 bits per heavy atom. The van der Waals surface area contributed by atoms with E-state index in [-0.39, 0.29) is 5.56 Å². The fraction of sp³-hybridized carbons (Fsp3) is 0.0909. The lowest BCUT2D eigenvalue weighted by Gasteiger charge is -2.08. The Morgan fingerprint density at radius 3 is 2.47 bits per heavy atom. The van der Waals surface area contributed by atoms with Crippen molar-refractivity contribution in [3.63, 3.8) is 0 Å². The lowest BCUT2D eigenvalue weighted by atomic mass is 10.3. The normalized spacial score (nSPS) is 10.3. The van der Waals surface area contributed by atoms with Crippen molar-refractivity contribution in [2.75, 3.05) is 0 Å². The van der Waals surface area contributed by atoms with E-state index in [0.717, 1.165) is 5.69 Å². The Bertz CT molecular complexity index is 531. The zero-order valence-electron chi connectivity index (χ0n) is 8.14. The zero-order chi connectivity index (χ0) is 10.8. The van der Waals surface area contributed by atoms with E-state index in [4.69, 9.17) is 11.6 Å². The van der Waals surface area contributed by atoms with Crippen LogP contribution in [0.4, 0.5) is 0 Å². The predicted molar refractivity (Wildman–Crippen MR) is 59.6 cm³/mol. The van der Waals surface area contributed by atoms with Gasteiger partial charge in [-0.15, -0.1) is 0 Å². The number of benzene rings is 1. The number of halogens is 1. The first-order chi connectivity index (χ1) is 7.16. The van der Waals surface area contributed by atoms with E-state index in [1.165, 1.54) is 6.07 Å². The van der Waals surface area contributed by atoms with Gasteiger partial charge in [-0.3, -0.25) is 4.79 Å². The SMILES string of the molecule is Cc1nc(=O)ccn1-c1ccc(Cl)cc1. The van der Waals surface area contributed by atoms with Gasteiger partial charge in [0.2, 0.25) is 0 Å². The first kappa shape index (κ1) is 9.93. The highest BCUT2D eigenvalue weighted by Gasteiger charge is 1.99. The van der Waals surface area contributed by atoms with Crippen molar-refractivity contribution in [1.29, 1.82) is 0 Å². The Labute approximate surface area is 92.0 Å². The maximum absolute atomic E-state index is 11.0. The van der Waals surface area contributed by atoms with Crippen LogP contribution in [0, 0.1) is 6.92 Å². The second kappa shape index (κ2) is 3.87. The number of aryl methyl sites for hydroxylation is 1. The molecule has 0 aliphatic rings. The van der Waals surface area contributed by atoms with Gasteiger partial charge in [0, 0.05) is 23.0 Å². The molecule has 0 radical (unpaired) electrons. The lowest BCUT2D eigenvalue weighted by molar-refractivity contribution is 0.889. The Kier molecular flexibility index (Phi) is 2.56. The van der Waals surface area contributed by atoms with Crippen molar-refractivity contribution in [1.82, 2.24) is 9.55 Å². The molecule has 3 nitrogen and oxygen atoms in total. The summed E-state index contributed by atoms with van der Waals surface area (Å²) < 4.78 is 1.83. The van der Waals surface area contributed by atoms with Gasteiger partial charge >= 0.3 is 0 Å². The van der Waals surface area contributed by atoms with Crippen molar-refractivity contribution in [3.8, 4) is 5.69 Å². The Morgan fingerprint density at radius 2 is 1.87 bits per heavy atom. The molecule has 1 aromatic carbocycles. The van der Waals surface area contributed by atoms with Crippen LogP contribution >= 0.6 is 11.6 Å². The Hall–Kier alpha value is -1.61. The minimum atomic E-state index is -0.224. The molecule has 0 unspecified atom stereocenters. The quantitative estimate of drug-likeness (QED) is 0.739. The zero-order valence-corrected chi connectivity index (χ0v) is 8.90. The van der Waals surface area contributed by atoms with Crippen LogP contribution in [0.25, 0.3) is 5.69 Å². The third kappa shape index (κ3) is 2.07. The monoisotopic (exact) mass is 220 g/mol. The standard InChI is InChI=1S/C11H9ClN2O/c1-8-13-11(15)6-7-14(8)10-4-2-9(12)3-5-10/h2-7H,1H3. The van der Waals surface area contributed by atoms with E-state index in [9.17, 15) is 4.79 Å². The van der Waals surface area contributed by atoms with Gasteiger partial charge in [-0.25, -0.2) is 0 Å². The van der Waals surface area contributed by atoms with Gasteiger partial charge in [0.25, 0.3) is 5.56 Å². The largest absolute Gasteiger partial charge is 0.305 e. The summed E-state index contributed by atoms with van der Waals surface area (Å²) in [7, 11) is 0. The molecule has 1 aromatic heterocycles. The molecule has 1 heterocycles. The summed E-state index contributed by atoms with van der Waals surface area (Å²) in [6, 6.07) is 8.79. The summed E-state index contributed by atoms with van der Waals surface area (Å²) in [5.74, 6) is 0.657. The fourth-order valence-corrected chi connectivity index (χ4v) is 1.50. The highest BCUT2D eigenvalue weighted by Crippen LogP contribution is 2.13. The number of hydrogen-bond donors (Lipinski definition) is 0. The van der Waals surface area contributed by atoms with Crippen molar-refractivity contribution < 1.29 is 0 Å². The highest BCUT2D eigenvalue weighted by molar-refractivity contribution is 6.30. The van der Waals surface area contributed by atoms with Gasteiger partial charge in [-0.2, -0.15) is 4.98 Å². The molecule has 2 aromatic rings. The molecule has 0 amide bonds. The first-order valence-electron chi connectivity index (χ1n) is 4.49. The molecule has 4 heteroatoms. The molecule has 0 atom stereocenters. The van der Waals surface area contributed by atoms with Crippen molar-refractivity contribution in [2.45, 2.75) is 6.92 Å². The van der Waals surface area contributed by atoms with Crippen molar-refractivity contribution in [3.05, 3.63) is 57.7 Å². The molecule has 0 aliphatic heterocycles.